The van der Waals surface area contributed by atoms with Gasteiger partial charge in [-0.2, -0.15) is 0 Å². The van der Waals surface area contributed by atoms with Crippen molar-refractivity contribution in [2.24, 2.45) is 5.92 Å². The van der Waals surface area contributed by atoms with E-state index in [-0.39, 0.29) is 17.7 Å². The smallest absolute Gasteiger partial charge is 0.284 e. The Kier molecular flexibility index (Phi) is 6.82. The van der Waals surface area contributed by atoms with Crippen LogP contribution in [0.1, 0.15) is 40.9 Å². The zero-order valence-electron chi connectivity index (χ0n) is 17.5. The van der Waals surface area contributed by atoms with E-state index < -0.39 is 11.9 Å². The van der Waals surface area contributed by atoms with E-state index in [0.29, 0.717) is 17.0 Å². The molecular weight excluding hydrogens is 426 g/mol. The monoisotopic (exact) mass is 451 g/mol. The number of rotatable bonds is 7. The fourth-order valence-electron chi connectivity index (χ4n) is 4.05. The fraction of sp³-hybridized carbons (Fsp3) is 0.292. The Bertz CT molecular complexity index is 1120. The number of hydrogen-bond acceptors (Lipinski definition) is 5. The molecule has 1 atom stereocenters. The molecule has 0 radical (unpaired) electrons. The summed E-state index contributed by atoms with van der Waals surface area (Å²) in [4.78, 5) is 37.9. The van der Waals surface area contributed by atoms with E-state index >= 15 is 0 Å². The first-order chi connectivity index (χ1) is 15.5. The molecule has 166 valence electrons. The summed E-state index contributed by atoms with van der Waals surface area (Å²) in [5, 5.41) is 15.5. The Morgan fingerprint density at radius 2 is 1.78 bits per heavy atom. The molecule has 2 aromatic carbocycles. The Morgan fingerprint density at radius 3 is 2.50 bits per heavy atom. The number of benzene rings is 2. The molecule has 0 bridgehead atoms. The molecule has 4 rings (SSSR count). The van der Waals surface area contributed by atoms with E-state index in [4.69, 9.17) is 5.21 Å². The number of hydroxylamine groups is 1. The Labute approximate surface area is 189 Å². The van der Waals surface area contributed by atoms with E-state index in [1.165, 1.54) is 11.3 Å². The van der Waals surface area contributed by atoms with Crippen molar-refractivity contribution in [3.8, 4) is 0 Å². The Balaban J connectivity index is 1.51. The highest BCUT2D eigenvalue weighted by Gasteiger charge is 2.28. The van der Waals surface area contributed by atoms with Crippen LogP contribution in [0.3, 0.4) is 0 Å². The summed E-state index contributed by atoms with van der Waals surface area (Å²) in [5.41, 5.74) is 3.17. The second-order valence-electron chi connectivity index (χ2n) is 8.03. The quantitative estimate of drug-likeness (QED) is 0.323. The van der Waals surface area contributed by atoms with Crippen LogP contribution in [-0.2, 0) is 16.0 Å². The summed E-state index contributed by atoms with van der Waals surface area (Å²) in [6.07, 6.45) is 4.22. The van der Waals surface area contributed by atoms with E-state index in [0.717, 1.165) is 41.3 Å². The topological polar surface area (TPSA) is 108 Å². The first-order valence-electron chi connectivity index (χ1n) is 10.7. The maximum absolute atomic E-state index is 13.1. The predicted molar refractivity (Wildman–Crippen MR) is 124 cm³/mol. The van der Waals surface area contributed by atoms with Crippen LogP contribution >= 0.6 is 11.3 Å². The van der Waals surface area contributed by atoms with Gasteiger partial charge in [0.2, 0.25) is 11.8 Å². The molecule has 0 aliphatic heterocycles. The molecule has 1 aliphatic rings. The standard InChI is InChI=1S/C24H25N3O4S/c28-22(16-8-4-5-9-16)26-19(12-15-6-2-1-3-7-15)23(29)25-18-10-11-20-17(13-18)14-21(32-20)24(30)27-31/h1-3,6-7,10-11,13-14,16,19,31H,4-5,8-9,12H2,(H,25,29)(H,26,28)(H,27,30). The number of carbonyl (C=O) groups excluding carboxylic acids is 3. The van der Waals surface area contributed by atoms with E-state index in [1.807, 2.05) is 36.4 Å². The fourth-order valence-corrected chi connectivity index (χ4v) is 4.99. The summed E-state index contributed by atoms with van der Waals surface area (Å²) in [6, 6.07) is 15.9. The van der Waals surface area contributed by atoms with Gasteiger partial charge in [0.1, 0.15) is 6.04 Å². The maximum atomic E-state index is 13.1. The van der Waals surface area contributed by atoms with Gasteiger partial charge in [0, 0.05) is 22.7 Å². The number of fused-ring (bicyclic) bond motifs is 1. The van der Waals surface area contributed by atoms with Crippen molar-refractivity contribution in [1.29, 1.82) is 0 Å². The summed E-state index contributed by atoms with van der Waals surface area (Å²) in [6.45, 7) is 0. The lowest BCUT2D eigenvalue weighted by atomic mass is 10.0. The molecule has 1 aliphatic carbocycles. The van der Waals surface area contributed by atoms with Crippen LogP contribution in [-0.4, -0.2) is 29.0 Å². The molecule has 0 spiro atoms. The van der Waals surface area contributed by atoms with Crippen molar-refractivity contribution in [3.05, 3.63) is 65.0 Å². The van der Waals surface area contributed by atoms with Gasteiger partial charge in [-0.05, 0) is 48.1 Å². The first-order valence-corrected chi connectivity index (χ1v) is 11.5. The van der Waals surface area contributed by atoms with Crippen LogP contribution in [0.25, 0.3) is 10.1 Å². The lowest BCUT2D eigenvalue weighted by molar-refractivity contribution is -0.129. The zero-order chi connectivity index (χ0) is 22.5. The summed E-state index contributed by atoms with van der Waals surface area (Å²) in [5.74, 6) is -0.955. The van der Waals surface area contributed by atoms with Crippen LogP contribution in [0.5, 0.6) is 0 Å². The van der Waals surface area contributed by atoms with Crippen molar-refractivity contribution in [2.75, 3.05) is 5.32 Å². The van der Waals surface area contributed by atoms with E-state index in [2.05, 4.69) is 10.6 Å². The Morgan fingerprint density at radius 1 is 1.03 bits per heavy atom. The lowest BCUT2D eigenvalue weighted by Crippen LogP contribution is -2.47. The average Bonchev–Trinajstić information content (AvgIpc) is 3.48. The maximum Gasteiger partial charge on any atom is 0.284 e. The van der Waals surface area contributed by atoms with E-state index in [9.17, 15) is 14.4 Å². The average molecular weight is 452 g/mol. The third kappa shape index (κ3) is 5.15. The van der Waals surface area contributed by atoms with Gasteiger partial charge in [-0.1, -0.05) is 43.2 Å². The van der Waals surface area contributed by atoms with Crippen molar-refractivity contribution >= 4 is 44.8 Å². The van der Waals surface area contributed by atoms with Gasteiger partial charge >= 0.3 is 0 Å². The molecule has 1 aromatic heterocycles. The molecule has 1 saturated carbocycles. The van der Waals surface area contributed by atoms with Gasteiger partial charge in [0.05, 0.1) is 4.88 Å². The number of amides is 3. The number of anilines is 1. The van der Waals surface area contributed by atoms with Crippen LogP contribution in [0.4, 0.5) is 5.69 Å². The highest BCUT2D eigenvalue weighted by atomic mass is 32.1. The van der Waals surface area contributed by atoms with Crippen LogP contribution in [0, 0.1) is 5.92 Å². The predicted octanol–water partition coefficient (Wildman–Crippen LogP) is 3.88. The molecule has 4 N–H and O–H groups in total. The molecule has 0 saturated heterocycles. The number of nitrogens with one attached hydrogen (secondary N) is 3. The van der Waals surface area contributed by atoms with Crippen LogP contribution < -0.4 is 16.1 Å². The molecule has 3 amide bonds. The Hall–Kier alpha value is -3.23. The van der Waals surface area contributed by atoms with E-state index in [1.54, 1.807) is 23.7 Å². The molecule has 1 heterocycles. The summed E-state index contributed by atoms with van der Waals surface area (Å²) < 4.78 is 0.858. The summed E-state index contributed by atoms with van der Waals surface area (Å²) in [7, 11) is 0. The van der Waals surface area contributed by atoms with Crippen molar-refractivity contribution < 1.29 is 19.6 Å². The number of hydrogen-bond donors (Lipinski definition) is 4. The van der Waals surface area contributed by atoms with Gasteiger partial charge in [-0.15, -0.1) is 11.3 Å². The SMILES string of the molecule is O=C(NO)c1cc2cc(NC(=O)C(Cc3ccccc3)NC(=O)C3CCCC3)ccc2s1. The molecule has 1 unspecified atom stereocenters. The lowest BCUT2D eigenvalue weighted by Gasteiger charge is -2.21. The largest absolute Gasteiger partial charge is 0.344 e. The second kappa shape index (κ2) is 9.93. The van der Waals surface area contributed by atoms with Crippen molar-refractivity contribution in [1.82, 2.24) is 10.8 Å². The van der Waals surface area contributed by atoms with Crippen molar-refractivity contribution in [2.45, 2.75) is 38.1 Å². The van der Waals surface area contributed by atoms with Gasteiger partial charge in [-0.3, -0.25) is 19.6 Å². The molecule has 7 nitrogen and oxygen atoms in total. The van der Waals surface area contributed by atoms with Gasteiger partial charge in [0.25, 0.3) is 5.91 Å². The van der Waals surface area contributed by atoms with Crippen LogP contribution in [0.2, 0.25) is 0 Å². The van der Waals surface area contributed by atoms with Crippen LogP contribution in [0.15, 0.2) is 54.6 Å². The number of thiophene rings is 1. The van der Waals surface area contributed by atoms with Gasteiger partial charge in [-0.25, -0.2) is 5.48 Å². The van der Waals surface area contributed by atoms with Gasteiger partial charge < -0.3 is 10.6 Å². The third-order valence-corrected chi connectivity index (χ3v) is 6.87. The normalized spacial score (nSPS) is 14.8. The molecule has 3 aromatic rings. The van der Waals surface area contributed by atoms with Gasteiger partial charge in [0.15, 0.2) is 0 Å². The molecule has 1 fully saturated rings. The molecule has 32 heavy (non-hydrogen) atoms. The minimum absolute atomic E-state index is 0.0284. The third-order valence-electron chi connectivity index (χ3n) is 5.75. The van der Waals surface area contributed by atoms with Crippen molar-refractivity contribution in [3.63, 3.8) is 0 Å². The minimum atomic E-state index is -0.695. The summed E-state index contributed by atoms with van der Waals surface area (Å²) >= 11 is 1.25. The molecule has 8 heteroatoms. The second-order valence-corrected chi connectivity index (χ2v) is 9.11. The first kappa shape index (κ1) is 22.0. The highest BCUT2D eigenvalue weighted by molar-refractivity contribution is 7.20. The number of carbonyl (C=O) groups is 3. The zero-order valence-corrected chi connectivity index (χ0v) is 18.3. The highest BCUT2D eigenvalue weighted by Crippen LogP contribution is 2.28. The minimum Gasteiger partial charge on any atom is -0.344 e. The molecular formula is C24H25N3O4S.